The van der Waals surface area contributed by atoms with E-state index in [-0.39, 0.29) is 11.8 Å². The Morgan fingerprint density at radius 2 is 1.90 bits per heavy atom. The largest absolute Gasteiger partial charge is 0.384 e. The van der Waals surface area contributed by atoms with Gasteiger partial charge in [-0.1, -0.05) is 31.2 Å². The van der Waals surface area contributed by atoms with Gasteiger partial charge in [-0.25, -0.2) is 0 Å². The number of carbonyl (C=O) groups excluding carboxylic acids is 1. The first-order valence-electron chi connectivity index (χ1n) is 8.01. The molecule has 21 heavy (non-hydrogen) atoms. The summed E-state index contributed by atoms with van der Waals surface area (Å²) in [6, 6.07) is 8.03. The Labute approximate surface area is 128 Å². The van der Waals surface area contributed by atoms with Crippen molar-refractivity contribution in [1.29, 1.82) is 0 Å². The first-order chi connectivity index (χ1) is 10.2. The number of rotatable bonds is 6. The molecule has 0 aliphatic carbocycles. The highest BCUT2D eigenvalue weighted by atomic mass is 16.5. The van der Waals surface area contributed by atoms with Gasteiger partial charge in [0.15, 0.2) is 5.78 Å². The number of carbonyl (C=O) groups is 1. The minimum absolute atomic E-state index is 0.0269. The van der Waals surface area contributed by atoms with Gasteiger partial charge >= 0.3 is 0 Å². The highest BCUT2D eigenvalue weighted by Gasteiger charge is 2.27. The van der Waals surface area contributed by atoms with Gasteiger partial charge in [0, 0.05) is 19.3 Å². The first kappa shape index (κ1) is 16.2. The fourth-order valence-electron chi connectivity index (χ4n) is 3.05. The zero-order valence-corrected chi connectivity index (χ0v) is 13.5. The lowest BCUT2D eigenvalue weighted by molar-refractivity contribution is 0.0661. The maximum absolute atomic E-state index is 12.6. The Hall–Kier alpha value is -1.19. The summed E-state index contributed by atoms with van der Waals surface area (Å²) in [7, 11) is 1.76. The van der Waals surface area contributed by atoms with Crippen molar-refractivity contribution in [2.24, 2.45) is 5.92 Å². The van der Waals surface area contributed by atoms with Crippen molar-refractivity contribution in [2.75, 3.05) is 26.8 Å². The number of ketones is 1. The van der Waals surface area contributed by atoms with Crippen molar-refractivity contribution >= 4 is 5.78 Å². The van der Waals surface area contributed by atoms with Crippen LogP contribution in [0.1, 0.15) is 42.6 Å². The third kappa shape index (κ3) is 4.14. The molecule has 1 saturated heterocycles. The van der Waals surface area contributed by atoms with Gasteiger partial charge in [0.1, 0.15) is 0 Å². The summed E-state index contributed by atoms with van der Waals surface area (Å²) in [5.74, 6) is 0.889. The minimum Gasteiger partial charge on any atom is -0.384 e. The molecule has 3 heteroatoms. The number of hydrogen-bond acceptors (Lipinski definition) is 3. The van der Waals surface area contributed by atoms with Crippen LogP contribution in [0.4, 0.5) is 0 Å². The molecule has 1 aromatic rings. The van der Waals surface area contributed by atoms with Crippen molar-refractivity contribution < 1.29 is 9.53 Å². The maximum Gasteiger partial charge on any atom is 0.179 e. The summed E-state index contributed by atoms with van der Waals surface area (Å²) in [6.07, 6.45) is 3.26. The summed E-state index contributed by atoms with van der Waals surface area (Å²) in [4.78, 5) is 14.9. The van der Waals surface area contributed by atoms with Crippen molar-refractivity contribution in [1.82, 2.24) is 4.90 Å². The third-order valence-electron chi connectivity index (χ3n) is 4.63. The second-order valence-electron chi connectivity index (χ2n) is 6.03. The summed E-state index contributed by atoms with van der Waals surface area (Å²) in [5, 5.41) is 0. The van der Waals surface area contributed by atoms with E-state index < -0.39 is 0 Å². The summed E-state index contributed by atoms with van der Waals surface area (Å²) < 4.78 is 5.23. The standard InChI is InChI=1S/C18H27NO2/c1-4-15-5-7-17(8-6-15)18(20)14(2)19-11-9-16(10-12-19)13-21-3/h5-8,14,16H,4,9-13H2,1-3H3. The monoisotopic (exact) mass is 289 g/mol. The zero-order valence-electron chi connectivity index (χ0n) is 13.5. The molecular weight excluding hydrogens is 262 g/mol. The molecule has 0 saturated carbocycles. The smallest absolute Gasteiger partial charge is 0.179 e. The average Bonchev–Trinajstić information content (AvgIpc) is 2.54. The minimum atomic E-state index is -0.0269. The van der Waals surface area contributed by atoms with E-state index in [1.807, 2.05) is 19.1 Å². The number of Topliss-reactive ketones (excluding diaryl/α,β-unsaturated/α-hetero) is 1. The third-order valence-corrected chi connectivity index (χ3v) is 4.63. The molecule has 0 spiro atoms. The Kier molecular flexibility index (Phi) is 5.95. The van der Waals surface area contributed by atoms with E-state index in [2.05, 4.69) is 24.0 Å². The Balaban J connectivity index is 1.93. The van der Waals surface area contributed by atoms with Gasteiger partial charge in [0.25, 0.3) is 0 Å². The van der Waals surface area contributed by atoms with Gasteiger partial charge in [0.2, 0.25) is 0 Å². The lowest BCUT2D eigenvalue weighted by atomic mass is 9.95. The van der Waals surface area contributed by atoms with Crippen LogP contribution in [0.15, 0.2) is 24.3 Å². The van der Waals surface area contributed by atoms with Gasteiger partial charge in [-0.05, 0) is 50.8 Å². The Morgan fingerprint density at radius 3 is 2.43 bits per heavy atom. The molecule has 0 N–H and O–H groups in total. The molecule has 1 aliphatic rings. The van der Waals surface area contributed by atoms with Crippen LogP contribution in [-0.4, -0.2) is 43.5 Å². The number of methoxy groups -OCH3 is 1. The molecule has 116 valence electrons. The summed E-state index contributed by atoms with van der Waals surface area (Å²) in [5.41, 5.74) is 2.11. The lowest BCUT2D eigenvalue weighted by Gasteiger charge is -2.35. The van der Waals surface area contributed by atoms with E-state index in [4.69, 9.17) is 4.74 Å². The lowest BCUT2D eigenvalue weighted by Crippen LogP contribution is -2.44. The van der Waals surface area contributed by atoms with Crippen LogP contribution in [-0.2, 0) is 11.2 Å². The summed E-state index contributed by atoms with van der Waals surface area (Å²) >= 11 is 0. The first-order valence-corrected chi connectivity index (χ1v) is 8.01. The number of piperidine rings is 1. The van der Waals surface area contributed by atoms with Crippen molar-refractivity contribution in [2.45, 2.75) is 39.2 Å². The second kappa shape index (κ2) is 7.71. The number of nitrogens with zero attached hydrogens (tertiary/aromatic N) is 1. The molecule has 1 atom stereocenters. The normalized spacial score (nSPS) is 18.6. The zero-order chi connectivity index (χ0) is 15.2. The molecule has 0 radical (unpaired) electrons. The van der Waals surface area contributed by atoms with Gasteiger partial charge in [-0.15, -0.1) is 0 Å². The molecule has 1 unspecified atom stereocenters. The Bertz CT molecular complexity index is 447. The van der Waals surface area contributed by atoms with Crippen LogP contribution >= 0.6 is 0 Å². The number of likely N-dealkylation sites (tertiary alicyclic amines) is 1. The van der Waals surface area contributed by atoms with E-state index in [0.717, 1.165) is 44.5 Å². The molecule has 2 rings (SSSR count). The number of hydrogen-bond donors (Lipinski definition) is 0. The molecule has 3 nitrogen and oxygen atoms in total. The highest BCUT2D eigenvalue weighted by Crippen LogP contribution is 2.21. The van der Waals surface area contributed by atoms with Gasteiger partial charge in [0.05, 0.1) is 6.04 Å². The van der Waals surface area contributed by atoms with Gasteiger partial charge in [-0.3, -0.25) is 9.69 Å². The Morgan fingerprint density at radius 1 is 1.29 bits per heavy atom. The summed E-state index contributed by atoms with van der Waals surface area (Å²) in [6.45, 7) is 6.99. The molecule has 0 bridgehead atoms. The second-order valence-corrected chi connectivity index (χ2v) is 6.03. The van der Waals surface area contributed by atoms with Crippen molar-refractivity contribution in [3.8, 4) is 0 Å². The van der Waals surface area contributed by atoms with Gasteiger partial charge in [-0.2, -0.15) is 0 Å². The van der Waals surface area contributed by atoms with Crippen LogP contribution in [0.5, 0.6) is 0 Å². The topological polar surface area (TPSA) is 29.5 Å². The van der Waals surface area contributed by atoms with Gasteiger partial charge < -0.3 is 4.74 Å². The van der Waals surface area contributed by atoms with E-state index in [9.17, 15) is 4.79 Å². The molecule has 0 aromatic heterocycles. The van der Waals surface area contributed by atoms with E-state index in [0.29, 0.717) is 5.92 Å². The molecule has 0 amide bonds. The number of ether oxygens (including phenoxy) is 1. The van der Waals surface area contributed by atoms with Crippen molar-refractivity contribution in [3.63, 3.8) is 0 Å². The van der Waals surface area contributed by atoms with Crippen LogP contribution in [0.2, 0.25) is 0 Å². The van der Waals surface area contributed by atoms with Crippen LogP contribution in [0, 0.1) is 5.92 Å². The van der Waals surface area contributed by atoms with E-state index in [1.54, 1.807) is 7.11 Å². The molecule has 1 fully saturated rings. The van der Waals surface area contributed by atoms with Crippen LogP contribution in [0.3, 0.4) is 0 Å². The quantitative estimate of drug-likeness (QED) is 0.753. The number of benzene rings is 1. The van der Waals surface area contributed by atoms with E-state index in [1.165, 1.54) is 5.56 Å². The van der Waals surface area contributed by atoms with Crippen LogP contribution < -0.4 is 0 Å². The highest BCUT2D eigenvalue weighted by molar-refractivity contribution is 5.99. The van der Waals surface area contributed by atoms with Crippen molar-refractivity contribution in [3.05, 3.63) is 35.4 Å². The molecule has 1 aliphatic heterocycles. The molecular formula is C18H27NO2. The predicted octanol–water partition coefficient (Wildman–Crippen LogP) is 3.18. The fraction of sp³-hybridized carbons (Fsp3) is 0.611. The maximum atomic E-state index is 12.6. The molecule has 1 heterocycles. The average molecular weight is 289 g/mol. The fourth-order valence-corrected chi connectivity index (χ4v) is 3.05. The molecule has 1 aromatic carbocycles. The predicted molar refractivity (Wildman–Crippen MR) is 85.8 cm³/mol. The number of aryl methyl sites for hydroxylation is 1. The SMILES string of the molecule is CCc1ccc(C(=O)C(C)N2CCC(COC)CC2)cc1. The van der Waals surface area contributed by atoms with E-state index >= 15 is 0 Å². The van der Waals surface area contributed by atoms with Crippen LogP contribution in [0.25, 0.3) is 0 Å².